The summed E-state index contributed by atoms with van der Waals surface area (Å²) >= 11 is 12.8. The van der Waals surface area contributed by atoms with E-state index in [1.807, 2.05) is 62.4 Å². The van der Waals surface area contributed by atoms with E-state index in [2.05, 4.69) is 6.08 Å². The van der Waals surface area contributed by atoms with Crippen LogP contribution >= 0.6 is 23.2 Å². The summed E-state index contributed by atoms with van der Waals surface area (Å²) in [5.74, 6) is -4.65. The Labute approximate surface area is 264 Å². The number of carbonyl (C=O) groups is 4. The number of aryl methyl sites for hydroxylation is 2. The van der Waals surface area contributed by atoms with Crippen molar-refractivity contribution in [3.63, 3.8) is 0 Å². The SMILES string of the molecule is Cc1ccc(N2C(=O)[C@H]3[C@@H]4C=C[C@H](C5=C(c6ccccc6)C[C@H]6C(=O)N(c7ccc(C)c(Cl)c7)C(=O)[C@H]6[C@@H]54)[C@H]3C2=O)cc1Cl. The first-order chi connectivity index (χ1) is 21.2. The van der Waals surface area contributed by atoms with Gasteiger partial charge in [0.2, 0.25) is 23.6 Å². The molecule has 2 saturated heterocycles. The summed E-state index contributed by atoms with van der Waals surface area (Å²) in [5.41, 5.74) is 5.60. The molecule has 3 aromatic rings. The largest absolute Gasteiger partial charge is 0.274 e. The van der Waals surface area contributed by atoms with Crippen LogP contribution in [0.15, 0.2) is 84.5 Å². The van der Waals surface area contributed by atoms with Crippen molar-refractivity contribution >= 4 is 63.8 Å². The molecule has 6 aliphatic rings. The number of hydrogen-bond acceptors (Lipinski definition) is 4. The Morgan fingerprint density at radius 2 is 1.20 bits per heavy atom. The Hall–Kier alpha value is -4.00. The number of anilines is 2. The zero-order valence-electron chi connectivity index (χ0n) is 24.0. The van der Waals surface area contributed by atoms with Gasteiger partial charge in [-0.2, -0.15) is 0 Å². The minimum absolute atomic E-state index is 0.246. The van der Waals surface area contributed by atoms with Crippen LogP contribution in [0.1, 0.15) is 23.1 Å². The van der Waals surface area contributed by atoms with Gasteiger partial charge in [0, 0.05) is 21.9 Å². The van der Waals surface area contributed by atoms with Crippen LogP contribution in [0.25, 0.3) is 5.57 Å². The van der Waals surface area contributed by atoms with E-state index in [-0.39, 0.29) is 35.5 Å². The molecule has 220 valence electrons. The second kappa shape index (κ2) is 9.75. The normalized spacial score (nSPS) is 30.3. The molecular weight excluding hydrogens is 595 g/mol. The van der Waals surface area contributed by atoms with Crippen LogP contribution in [0.2, 0.25) is 10.0 Å². The van der Waals surface area contributed by atoms with E-state index < -0.39 is 29.6 Å². The number of benzene rings is 3. The first-order valence-corrected chi connectivity index (χ1v) is 15.7. The first kappa shape index (κ1) is 27.5. The van der Waals surface area contributed by atoms with Gasteiger partial charge in [0.15, 0.2) is 0 Å². The van der Waals surface area contributed by atoms with Crippen molar-refractivity contribution in [2.45, 2.75) is 20.3 Å². The van der Waals surface area contributed by atoms with Crippen LogP contribution in [-0.2, 0) is 19.2 Å². The van der Waals surface area contributed by atoms with Crippen molar-refractivity contribution in [1.29, 1.82) is 0 Å². The number of hydrogen-bond donors (Lipinski definition) is 0. The highest BCUT2D eigenvalue weighted by atomic mass is 35.5. The van der Waals surface area contributed by atoms with Crippen molar-refractivity contribution < 1.29 is 19.2 Å². The third-order valence-electron chi connectivity index (χ3n) is 10.5. The molecule has 44 heavy (non-hydrogen) atoms. The second-order valence-corrected chi connectivity index (χ2v) is 13.4. The Kier molecular flexibility index (Phi) is 6.10. The van der Waals surface area contributed by atoms with Crippen LogP contribution < -0.4 is 9.80 Å². The van der Waals surface area contributed by atoms with Gasteiger partial charge >= 0.3 is 0 Å². The van der Waals surface area contributed by atoms with Crippen molar-refractivity contribution in [2.24, 2.45) is 41.4 Å². The summed E-state index contributed by atoms with van der Waals surface area (Å²) < 4.78 is 0. The molecule has 2 bridgehead atoms. The number of allylic oxidation sites excluding steroid dienone is 4. The van der Waals surface area contributed by atoms with Gasteiger partial charge in [-0.25, -0.2) is 9.80 Å². The monoisotopic (exact) mass is 622 g/mol. The molecule has 3 fully saturated rings. The van der Waals surface area contributed by atoms with Gasteiger partial charge in [0.25, 0.3) is 0 Å². The second-order valence-electron chi connectivity index (χ2n) is 12.6. The van der Waals surface area contributed by atoms with Crippen LogP contribution in [0.4, 0.5) is 11.4 Å². The number of nitrogens with zero attached hydrogens (tertiary/aromatic N) is 2. The summed E-state index contributed by atoms with van der Waals surface area (Å²) in [6.45, 7) is 3.74. The summed E-state index contributed by atoms with van der Waals surface area (Å²) in [5, 5.41) is 0.964. The lowest BCUT2D eigenvalue weighted by Crippen LogP contribution is -2.51. The lowest BCUT2D eigenvalue weighted by atomic mass is 9.49. The fourth-order valence-electron chi connectivity index (χ4n) is 8.47. The van der Waals surface area contributed by atoms with Gasteiger partial charge in [0.05, 0.1) is 35.0 Å². The van der Waals surface area contributed by atoms with Crippen LogP contribution in [-0.4, -0.2) is 23.6 Å². The van der Waals surface area contributed by atoms with Gasteiger partial charge in [-0.1, -0.05) is 83.4 Å². The Morgan fingerprint density at radius 3 is 1.82 bits per heavy atom. The number of imide groups is 2. The molecule has 6 nitrogen and oxygen atoms in total. The number of fused-ring (bicyclic) bond motifs is 1. The van der Waals surface area contributed by atoms with E-state index in [4.69, 9.17) is 23.2 Å². The highest BCUT2D eigenvalue weighted by molar-refractivity contribution is 6.33. The number of carbonyl (C=O) groups excluding carboxylic acids is 4. The van der Waals surface area contributed by atoms with E-state index in [9.17, 15) is 19.2 Å². The predicted molar refractivity (Wildman–Crippen MR) is 169 cm³/mol. The Morgan fingerprint density at radius 1 is 0.636 bits per heavy atom. The van der Waals surface area contributed by atoms with Gasteiger partial charge in [0.1, 0.15) is 0 Å². The fraction of sp³-hybridized carbons (Fsp3) is 0.278. The molecule has 0 unspecified atom stereocenters. The highest BCUT2D eigenvalue weighted by Crippen LogP contribution is 2.63. The molecule has 4 amide bonds. The quantitative estimate of drug-likeness (QED) is 0.237. The lowest BCUT2D eigenvalue weighted by molar-refractivity contribution is -0.129. The van der Waals surface area contributed by atoms with Crippen LogP contribution in [0.3, 0.4) is 0 Å². The molecule has 3 aromatic carbocycles. The molecule has 0 aromatic heterocycles. The number of rotatable bonds is 3. The maximum atomic E-state index is 14.4. The molecule has 0 radical (unpaired) electrons. The van der Waals surface area contributed by atoms with Crippen molar-refractivity contribution in [3.8, 4) is 0 Å². The standard InChI is InChI=1S/C36H28Cl2N2O4/c1-17-8-10-20(14-26(17)37)39-33(41)25-16-24(19-6-4-3-5-7-19)28-22-12-13-23(29(28)32(25)36(39)44)31-30(22)34(42)40(35(31)43)21-11-9-18(2)27(38)15-21/h3-15,22-23,25,29-32H,16H2,1-2H3/t22-,23-,25-,29-,30-,31+,32-/m1/s1. The Bertz CT molecular complexity index is 1880. The molecule has 9 rings (SSSR count). The molecule has 0 spiro atoms. The first-order valence-electron chi connectivity index (χ1n) is 14.9. The smallest absolute Gasteiger partial charge is 0.238 e. The molecule has 1 saturated carbocycles. The van der Waals surface area contributed by atoms with Gasteiger partial charge < -0.3 is 0 Å². The van der Waals surface area contributed by atoms with Crippen molar-refractivity contribution in [2.75, 3.05) is 9.80 Å². The average molecular weight is 624 g/mol. The van der Waals surface area contributed by atoms with Gasteiger partial charge in [-0.05, 0) is 72.7 Å². The molecule has 7 atom stereocenters. The molecule has 2 heterocycles. The molecule has 8 heteroatoms. The predicted octanol–water partition coefficient (Wildman–Crippen LogP) is 6.81. The van der Waals surface area contributed by atoms with E-state index in [0.29, 0.717) is 27.8 Å². The summed E-state index contributed by atoms with van der Waals surface area (Å²) in [6, 6.07) is 20.4. The van der Waals surface area contributed by atoms with E-state index in [1.54, 1.807) is 24.3 Å². The molecular formula is C36H28Cl2N2O4. The minimum Gasteiger partial charge on any atom is -0.274 e. The van der Waals surface area contributed by atoms with Crippen LogP contribution in [0.5, 0.6) is 0 Å². The topological polar surface area (TPSA) is 74.8 Å². The maximum absolute atomic E-state index is 14.4. The fourth-order valence-corrected chi connectivity index (χ4v) is 8.82. The van der Waals surface area contributed by atoms with Crippen molar-refractivity contribution in [1.82, 2.24) is 0 Å². The Balaban J connectivity index is 1.28. The third-order valence-corrected chi connectivity index (χ3v) is 11.3. The lowest BCUT2D eigenvalue weighted by Gasteiger charge is -2.51. The van der Waals surface area contributed by atoms with Crippen molar-refractivity contribution in [3.05, 3.63) is 111 Å². The number of amides is 4. The zero-order valence-corrected chi connectivity index (χ0v) is 25.5. The maximum Gasteiger partial charge on any atom is 0.238 e. The summed E-state index contributed by atoms with van der Waals surface area (Å²) in [4.78, 5) is 59.4. The van der Waals surface area contributed by atoms with Crippen LogP contribution in [0, 0.1) is 55.3 Å². The third kappa shape index (κ3) is 3.67. The highest BCUT2D eigenvalue weighted by Gasteiger charge is 2.67. The molecule has 2 aliphatic heterocycles. The van der Waals surface area contributed by atoms with E-state index in [1.165, 1.54) is 9.80 Å². The minimum atomic E-state index is -0.644. The molecule has 4 aliphatic carbocycles. The average Bonchev–Trinajstić information content (AvgIpc) is 3.45. The van der Waals surface area contributed by atoms with E-state index >= 15 is 0 Å². The van der Waals surface area contributed by atoms with E-state index in [0.717, 1.165) is 27.8 Å². The number of halogens is 2. The van der Waals surface area contributed by atoms with Gasteiger partial charge in [-0.3, -0.25) is 19.2 Å². The summed E-state index contributed by atoms with van der Waals surface area (Å²) in [7, 11) is 0. The summed E-state index contributed by atoms with van der Waals surface area (Å²) in [6.07, 6.45) is 4.45. The zero-order chi connectivity index (χ0) is 30.6. The van der Waals surface area contributed by atoms with Gasteiger partial charge in [-0.15, -0.1) is 0 Å². The molecule has 0 N–H and O–H groups in total.